The number of aromatic nitrogens is 2. The minimum Gasteiger partial charge on any atom is -0.342 e. The minimum absolute atomic E-state index is 0.0477. The summed E-state index contributed by atoms with van der Waals surface area (Å²) in [5, 5.41) is 0.754. The van der Waals surface area contributed by atoms with Crippen LogP contribution in [-0.2, 0) is 4.79 Å². The Morgan fingerprint density at radius 3 is 2.50 bits per heavy atom. The maximum Gasteiger partial charge on any atom is 0.266 e. The van der Waals surface area contributed by atoms with Crippen LogP contribution in [0.2, 0.25) is 0 Å². The van der Waals surface area contributed by atoms with Crippen molar-refractivity contribution in [2.24, 2.45) is 0 Å². The molecule has 0 aliphatic carbocycles. The fourth-order valence-corrected chi connectivity index (χ4v) is 4.52. The van der Waals surface area contributed by atoms with Crippen LogP contribution in [0.25, 0.3) is 16.6 Å². The van der Waals surface area contributed by atoms with Gasteiger partial charge >= 0.3 is 0 Å². The van der Waals surface area contributed by atoms with Crippen LogP contribution >= 0.6 is 34.4 Å². The number of halogens is 1. The lowest BCUT2D eigenvalue weighted by Crippen LogP contribution is -2.36. The second-order valence-electron chi connectivity index (χ2n) is 6.30. The van der Waals surface area contributed by atoms with Crippen LogP contribution in [0.5, 0.6) is 0 Å². The number of carbonyl (C=O) groups excluding carboxylic acids is 1. The highest BCUT2D eigenvalue weighted by Crippen LogP contribution is 2.26. The second-order valence-corrected chi connectivity index (χ2v) is 8.86. The highest BCUT2D eigenvalue weighted by molar-refractivity contribution is 14.1. The van der Waals surface area contributed by atoms with Gasteiger partial charge in [-0.25, -0.2) is 4.98 Å². The fraction of sp³-hybridized carbons (Fsp3) is 0.286. The van der Waals surface area contributed by atoms with Crippen LogP contribution < -0.4 is 5.56 Å². The van der Waals surface area contributed by atoms with Crippen molar-refractivity contribution in [3.8, 4) is 5.69 Å². The number of fused-ring (bicyclic) bond motifs is 1. The zero-order valence-corrected chi connectivity index (χ0v) is 19.0. The molecule has 1 heterocycles. The van der Waals surface area contributed by atoms with E-state index >= 15 is 0 Å². The first-order chi connectivity index (χ1) is 13.5. The van der Waals surface area contributed by atoms with Crippen molar-refractivity contribution in [2.75, 3.05) is 13.1 Å². The van der Waals surface area contributed by atoms with Gasteiger partial charge in [0.2, 0.25) is 5.91 Å². The first kappa shape index (κ1) is 20.9. The molecule has 2 aromatic carbocycles. The molecule has 0 N–H and O–H groups in total. The van der Waals surface area contributed by atoms with E-state index in [0.29, 0.717) is 29.1 Å². The normalized spacial score (nSPS) is 12.1. The SMILES string of the molecule is CCN(CC)C(=O)[C@H](C)Sc1nc2ccc(I)cc2c(=O)n1-c1ccccc1. The Labute approximate surface area is 182 Å². The molecule has 0 fully saturated rings. The summed E-state index contributed by atoms with van der Waals surface area (Å²) in [6.45, 7) is 7.12. The van der Waals surface area contributed by atoms with Crippen molar-refractivity contribution < 1.29 is 4.79 Å². The maximum absolute atomic E-state index is 13.3. The predicted molar refractivity (Wildman–Crippen MR) is 123 cm³/mol. The van der Waals surface area contributed by atoms with Crippen LogP contribution in [0.15, 0.2) is 58.5 Å². The quantitative estimate of drug-likeness (QED) is 0.283. The zero-order chi connectivity index (χ0) is 20.3. The molecule has 3 rings (SSSR count). The largest absolute Gasteiger partial charge is 0.342 e. The van der Waals surface area contributed by atoms with Gasteiger partial charge in [0.15, 0.2) is 5.16 Å². The number of hydrogen-bond acceptors (Lipinski definition) is 4. The monoisotopic (exact) mass is 507 g/mol. The number of carbonyl (C=O) groups is 1. The van der Waals surface area contributed by atoms with E-state index in [4.69, 9.17) is 4.98 Å². The second kappa shape index (κ2) is 9.09. The van der Waals surface area contributed by atoms with Gasteiger partial charge in [-0.2, -0.15) is 0 Å². The topological polar surface area (TPSA) is 55.2 Å². The molecule has 1 aromatic heterocycles. The van der Waals surface area contributed by atoms with E-state index < -0.39 is 0 Å². The molecular formula is C21H22IN3O2S. The molecule has 0 saturated carbocycles. The first-order valence-corrected chi connectivity index (χ1v) is 11.1. The van der Waals surface area contributed by atoms with E-state index in [1.54, 1.807) is 9.47 Å². The Bertz CT molecular complexity index is 1050. The van der Waals surface area contributed by atoms with Gasteiger partial charge in [-0.3, -0.25) is 14.2 Å². The van der Waals surface area contributed by atoms with Crippen molar-refractivity contribution >= 4 is 51.2 Å². The van der Waals surface area contributed by atoms with E-state index in [2.05, 4.69) is 22.6 Å². The van der Waals surface area contributed by atoms with Crippen LogP contribution in [0.3, 0.4) is 0 Å². The van der Waals surface area contributed by atoms with E-state index in [0.717, 1.165) is 9.26 Å². The van der Waals surface area contributed by atoms with Gasteiger partial charge in [0, 0.05) is 16.7 Å². The van der Waals surface area contributed by atoms with Crippen molar-refractivity contribution in [3.05, 3.63) is 62.5 Å². The van der Waals surface area contributed by atoms with E-state index in [9.17, 15) is 9.59 Å². The number of amides is 1. The maximum atomic E-state index is 13.3. The van der Waals surface area contributed by atoms with Gasteiger partial charge in [-0.15, -0.1) is 0 Å². The molecule has 0 radical (unpaired) electrons. The fourth-order valence-electron chi connectivity index (χ4n) is 3.02. The highest BCUT2D eigenvalue weighted by atomic mass is 127. The molecule has 0 aliphatic heterocycles. The van der Waals surface area contributed by atoms with Gasteiger partial charge in [-0.05, 0) is 73.7 Å². The first-order valence-electron chi connectivity index (χ1n) is 9.19. The predicted octanol–water partition coefficient (Wildman–Crippen LogP) is 4.34. The van der Waals surface area contributed by atoms with Crippen LogP contribution in [0.1, 0.15) is 20.8 Å². The third kappa shape index (κ3) is 4.25. The summed E-state index contributed by atoms with van der Waals surface area (Å²) in [7, 11) is 0. The number of nitrogens with zero attached hydrogens (tertiary/aromatic N) is 3. The summed E-state index contributed by atoms with van der Waals surface area (Å²) in [6.07, 6.45) is 0. The molecule has 0 spiro atoms. The van der Waals surface area contributed by atoms with E-state index in [1.807, 2.05) is 69.3 Å². The minimum atomic E-state index is -0.344. The molecule has 0 saturated heterocycles. The van der Waals surface area contributed by atoms with Gasteiger partial charge in [0.25, 0.3) is 5.56 Å². The Morgan fingerprint density at radius 2 is 1.86 bits per heavy atom. The Balaban J connectivity index is 2.14. The molecule has 0 aliphatic rings. The standard InChI is InChI=1S/C21H22IN3O2S/c1-4-24(5-2)19(26)14(3)28-21-23-18-12-11-15(22)13-17(18)20(27)25(21)16-9-7-6-8-10-16/h6-14H,4-5H2,1-3H3/t14-/m0/s1. The number of hydrogen-bond donors (Lipinski definition) is 0. The highest BCUT2D eigenvalue weighted by Gasteiger charge is 2.23. The van der Waals surface area contributed by atoms with Gasteiger partial charge in [-0.1, -0.05) is 30.0 Å². The summed E-state index contributed by atoms with van der Waals surface area (Å²) in [4.78, 5) is 32.6. The molecular weight excluding hydrogens is 485 g/mol. The number of thioether (sulfide) groups is 1. The van der Waals surface area contributed by atoms with Crippen LogP contribution in [-0.4, -0.2) is 38.7 Å². The third-order valence-electron chi connectivity index (χ3n) is 4.52. The molecule has 0 bridgehead atoms. The summed E-state index contributed by atoms with van der Waals surface area (Å²) >= 11 is 3.52. The van der Waals surface area contributed by atoms with Crippen LogP contribution in [0.4, 0.5) is 0 Å². The Morgan fingerprint density at radius 1 is 1.18 bits per heavy atom. The van der Waals surface area contributed by atoms with Crippen LogP contribution in [0, 0.1) is 3.57 Å². The average molecular weight is 507 g/mol. The number of benzene rings is 2. The van der Waals surface area contributed by atoms with E-state index in [-0.39, 0.29) is 16.7 Å². The lowest BCUT2D eigenvalue weighted by atomic mass is 10.2. The molecule has 0 unspecified atom stereocenters. The van der Waals surface area contributed by atoms with Gasteiger partial charge < -0.3 is 4.90 Å². The Hall–Kier alpha value is -1.87. The van der Waals surface area contributed by atoms with Crippen molar-refractivity contribution in [3.63, 3.8) is 0 Å². The summed E-state index contributed by atoms with van der Waals surface area (Å²) in [6, 6.07) is 15.1. The lowest BCUT2D eigenvalue weighted by Gasteiger charge is -2.23. The summed E-state index contributed by atoms with van der Waals surface area (Å²) in [5.41, 5.74) is 1.26. The molecule has 7 heteroatoms. The van der Waals surface area contributed by atoms with E-state index in [1.165, 1.54) is 11.8 Å². The van der Waals surface area contributed by atoms with Gasteiger partial charge in [0.05, 0.1) is 21.8 Å². The number of para-hydroxylation sites is 1. The molecule has 3 aromatic rings. The van der Waals surface area contributed by atoms with Gasteiger partial charge in [0.1, 0.15) is 0 Å². The Kier molecular flexibility index (Phi) is 6.77. The molecule has 1 atom stereocenters. The average Bonchev–Trinajstić information content (AvgIpc) is 2.70. The zero-order valence-electron chi connectivity index (χ0n) is 16.1. The molecule has 146 valence electrons. The van der Waals surface area contributed by atoms with Crippen molar-refractivity contribution in [2.45, 2.75) is 31.2 Å². The van der Waals surface area contributed by atoms with Crippen molar-refractivity contribution in [1.29, 1.82) is 0 Å². The molecule has 1 amide bonds. The smallest absolute Gasteiger partial charge is 0.266 e. The molecule has 28 heavy (non-hydrogen) atoms. The number of rotatable bonds is 6. The third-order valence-corrected chi connectivity index (χ3v) is 6.23. The summed E-state index contributed by atoms with van der Waals surface area (Å²) in [5.74, 6) is 0.0477. The lowest BCUT2D eigenvalue weighted by molar-refractivity contribution is -0.129. The van der Waals surface area contributed by atoms with Crippen molar-refractivity contribution in [1.82, 2.24) is 14.5 Å². The molecule has 5 nitrogen and oxygen atoms in total. The summed E-state index contributed by atoms with van der Waals surface area (Å²) < 4.78 is 2.59.